The van der Waals surface area contributed by atoms with E-state index in [1.807, 2.05) is 0 Å². The van der Waals surface area contributed by atoms with Crippen LogP contribution in [0.15, 0.2) is 60.2 Å². The average Bonchev–Trinajstić information content (AvgIpc) is 2.78. The Hall–Kier alpha value is -2.81. The van der Waals surface area contributed by atoms with Crippen LogP contribution < -0.4 is 0 Å². The molecule has 32 heavy (non-hydrogen) atoms. The second-order valence-corrected chi connectivity index (χ2v) is 9.30. The summed E-state index contributed by atoms with van der Waals surface area (Å²) < 4.78 is 0. The highest BCUT2D eigenvalue weighted by Gasteiger charge is 2.33. The molecule has 2 saturated carbocycles. The number of carbonyl (C=O) groups is 1. The zero-order chi connectivity index (χ0) is 22.3. The van der Waals surface area contributed by atoms with E-state index in [2.05, 4.69) is 48.6 Å². The Morgan fingerprint density at radius 1 is 0.844 bits per heavy atom. The summed E-state index contributed by atoms with van der Waals surface area (Å²) in [6, 6.07) is 16.6. The number of phenolic OH excluding ortho intramolecular Hbond substituents is 1. The number of rotatable bonds is 8. The van der Waals surface area contributed by atoms with Crippen molar-refractivity contribution in [1.82, 2.24) is 0 Å². The molecule has 2 aliphatic rings. The van der Waals surface area contributed by atoms with Crippen LogP contribution in [0.1, 0.15) is 80.9 Å². The average molecular weight is 431 g/mol. The van der Waals surface area contributed by atoms with E-state index in [4.69, 9.17) is 5.11 Å². The lowest BCUT2D eigenvalue weighted by molar-refractivity contribution is -0.137. The minimum absolute atomic E-state index is 0.249. The molecule has 0 unspecified atom stereocenters. The number of fused-ring (bicyclic) bond motifs is 2. The maximum Gasteiger partial charge on any atom is 0.303 e. The zero-order valence-electron chi connectivity index (χ0n) is 18.8. The Morgan fingerprint density at radius 2 is 1.41 bits per heavy atom. The fraction of sp³-hybridized carbons (Fsp3) is 0.414. The number of benzene rings is 2. The number of allylic oxidation sites excluding steroid dienone is 2. The predicted molar refractivity (Wildman–Crippen MR) is 130 cm³/mol. The first-order valence-corrected chi connectivity index (χ1v) is 12.1. The molecule has 2 fully saturated rings. The van der Waals surface area contributed by atoms with Crippen LogP contribution in [0, 0.1) is 11.8 Å². The van der Waals surface area contributed by atoms with Crippen molar-refractivity contribution in [3.05, 3.63) is 76.9 Å². The summed E-state index contributed by atoms with van der Waals surface area (Å²) in [6.45, 7) is 0. The lowest BCUT2D eigenvalue weighted by atomic mass is 9.65. The summed E-state index contributed by atoms with van der Waals surface area (Å²) in [7, 11) is 0. The number of carboxylic acid groups (broad SMARTS) is 1. The van der Waals surface area contributed by atoms with Crippen LogP contribution in [0.25, 0.3) is 11.6 Å². The Kier molecular flexibility index (Phi) is 7.47. The molecule has 2 N–H and O–H groups in total. The summed E-state index contributed by atoms with van der Waals surface area (Å²) in [5, 5.41) is 18.6. The number of carboxylic acids is 1. The second-order valence-electron chi connectivity index (χ2n) is 9.30. The van der Waals surface area contributed by atoms with Crippen molar-refractivity contribution < 1.29 is 15.0 Å². The van der Waals surface area contributed by atoms with E-state index in [9.17, 15) is 9.90 Å². The lowest BCUT2D eigenvalue weighted by Gasteiger charge is -2.39. The Labute approximate surface area is 191 Å². The van der Waals surface area contributed by atoms with Gasteiger partial charge in [0.05, 0.1) is 0 Å². The predicted octanol–water partition coefficient (Wildman–Crippen LogP) is 7.45. The summed E-state index contributed by atoms with van der Waals surface area (Å²) in [6.07, 6.45) is 15.0. The highest BCUT2D eigenvalue weighted by Crippen LogP contribution is 2.48. The first-order chi connectivity index (χ1) is 15.6. The summed E-state index contributed by atoms with van der Waals surface area (Å²) in [5.41, 5.74) is 6.67. The van der Waals surface area contributed by atoms with Gasteiger partial charge in [0.2, 0.25) is 0 Å². The molecule has 0 aliphatic heterocycles. The molecule has 0 saturated heterocycles. The second kappa shape index (κ2) is 10.7. The maximum absolute atomic E-state index is 10.6. The van der Waals surface area contributed by atoms with Gasteiger partial charge in [0.15, 0.2) is 0 Å². The first-order valence-electron chi connectivity index (χ1n) is 12.1. The Balaban J connectivity index is 1.58. The largest absolute Gasteiger partial charge is 0.508 e. The van der Waals surface area contributed by atoms with Crippen LogP contribution in [0.2, 0.25) is 0 Å². The van der Waals surface area contributed by atoms with Gasteiger partial charge in [-0.2, -0.15) is 0 Å². The number of unbranched alkanes of at least 4 members (excludes halogenated alkanes) is 2. The summed E-state index contributed by atoms with van der Waals surface area (Å²) >= 11 is 0. The van der Waals surface area contributed by atoms with Crippen LogP contribution >= 0.6 is 0 Å². The zero-order valence-corrected chi connectivity index (χ0v) is 18.8. The molecule has 3 heteroatoms. The monoisotopic (exact) mass is 430 g/mol. The van der Waals surface area contributed by atoms with Crippen molar-refractivity contribution in [1.29, 1.82) is 0 Å². The van der Waals surface area contributed by atoms with Gasteiger partial charge in [-0.1, -0.05) is 67.0 Å². The van der Waals surface area contributed by atoms with Crippen molar-refractivity contribution in [3.8, 4) is 5.75 Å². The van der Waals surface area contributed by atoms with E-state index < -0.39 is 5.97 Å². The first kappa shape index (κ1) is 22.4. The van der Waals surface area contributed by atoms with E-state index in [0.717, 1.165) is 19.3 Å². The van der Waals surface area contributed by atoms with Gasteiger partial charge >= 0.3 is 5.97 Å². The fourth-order valence-corrected chi connectivity index (χ4v) is 5.52. The molecular weight excluding hydrogens is 396 g/mol. The minimum atomic E-state index is -0.717. The van der Waals surface area contributed by atoms with Gasteiger partial charge in [-0.05, 0) is 91.2 Å². The van der Waals surface area contributed by atoms with E-state index in [1.165, 1.54) is 60.8 Å². The van der Waals surface area contributed by atoms with E-state index >= 15 is 0 Å². The van der Waals surface area contributed by atoms with Crippen molar-refractivity contribution in [3.63, 3.8) is 0 Å². The molecule has 0 atom stereocenters. The van der Waals surface area contributed by atoms with Crippen LogP contribution in [0.4, 0.5) is 0 Å². The minimum Gasteiger partial charge on any atom is -0.508 e. The number of hydrogen-bond donors (Lipinski definition) is 2. The molecule has 4 rings (SSSR count). The molecule has 0 heterocycles. The van der Waals surface area contributed by atoms with Gasteiger partial charge in [0, 0.05) is 6.42 Å². The third-order valence-corrected chi connectivity index (χ3v) is 7.06. The maximum atomic E-state index is 10.6. The summed E-state index contributed by atoms with van der Waals surface area (Å²) in [4.78, 5) is 10.6. The third-order valence-electron chi connectivity index (χ3n) is 7.06. The van der Waals surface area contributed by atoms with E-state index in [1.54, 1.807) is 17.7 Å². The smallest absolute Gasteiger partial charge is 0.303 e. The molecule has 3 nitrogen and oxygen atoms in total. The molecule has 0 amide bonds. The van der Waals surface area contributed by atoms with Gasteiger partial charge in [0.25, 0.3) is 0 Å². The van der Waals surface area contributed by atoms with Gasteiger partial charge in [0.1, 0.15) is 5.75 Å². The van der Waals surface area contributed by atoms with Gasteiger partial charge in [-0.3, -0.25) is 4.79 Å². The topological polar surface area (TPSA) is 57.5 Å². The number of phenols is 1. The molecule has 0 radical (unpaired) electrons. The normalized spacial score (nSPS) is 20.4. The van der Waals surface area contributed by atoms with Crippen LogP contribution in [0.3, 0.4) is 0 Å². The Morgan fingerprint density at radius 3 is 1.97 bits per heavy atom. The molecule has 2 aliphatic carbocycles. The van der Waals surface area contributed by atoms with E-state index in [0.29, 0.717) is 17.6 Å². The highest BCUT2D eigenvalue weighted by molar-refractivity contribution is 5.83. The molecule has 2 bridgehead atoms. The molecule has 2 aromatic carbocycles. The van der Waals surface area contributed by atoms with Gasteiger partial charge in [-0.25, -0.2) is 0 Å². The third kappa shape index (κ3) is 5.51. The standard InChI is InChI=1S/C29H34O3/c30-26-19-17-25(18-20-26)29(28-22-8-5-9-23(28)11-6-10-22)24-15-13-21(14-16-24)7-3-1-2-4-12-27(31)32/h3,7,13-20,22-23,30H,1-2,4-6,8-12H2,(H,31,32)/b7-3+,29-28?. The molecule has 0 aromatic heterocycles. The molecular formula is C29H34O3. The van der Waals surface area contributed by atoms with Gasteiger partial charge in [-0.15, -0.1) is 0 Å². The van der Waals surface area contributed by atoms with Gasteiger partial charge < -0.3 is 10.2 Å². The van der Waals surface area contributed by atoms with Crippen LogP contribution in [0.5, 0.6) is 5.75 Å². The van der Waals surface area contributed by atoms with Crippen LogP contribution in [-0.2, 0) is 4.79 Å². The molecule has 168 valence electrons. The van der Waals surface area contributed by atoms with Crippen molar-refractivity contribution in [2.24, 2.45) is 11.8 Å². The molecule has 2 aromatic rings. The van der Waals surface area contributed by atoms with Crippen LogP contribution in [-0.4, -0.2) is 16.2 Å². The number of aliphatic carboxylic acids is 1. The van der Waals surface area contributed by atoms with Crippen molar-refractivity contribution in [2.75, 3.05) is 0 Å². The lowest BCUT2D eigenvalue weighted by Crippen LogP contribution is -2.25. The summed E-state index contributed by atoms with van der Waals surface area (Å²) in [5.74, 6) is 0.976. The Bertz CT molecular complexity index is 942. The quantitative estimate of drug-likeness (QED) is 0.428. The highest BCUT2D eigenvalue weighted by atomic mass is 16.4. The number of hydrogen-bond acceptors (Lipinski definition) is 2. The van der Waals surface area contributed by atoms with Crippen molar-refractivity contribution in [2.45, 2.75) is 64.2 Å². The van der Waals surface area contributed by atoms with Crippen molar-refractivity contribution >= 4 is 17.6 Å². The van der Waals surface area contributed by atoms with E-state index in [-0.39, 0.29) is 6.42 Å². The number of aromatic hydroxyl groups is 1. The SMILES string of the molecule is O=C(O)CCCC/C=C/c1ccc(C(=C2C3CCCC2CCC3)c2ccc(O)cc2)cc1. The fourth-order valence-electron chi connectivity index (χ4n) is 5.52. The molecule has 0 spiro atoms.